The first kappa shape index (κ1) is 24.3. The van der Waals surface area contributed by atoms with E-state index in [1.54, 1.807) is 11.8 Å². The molecule has 0 N–H and O–H groups in total. The summed E-state index contributed by atoms with van der Waals surface area (Å²) >= 11 is 0. The third-order valence-electron chi connectivity index (χ3n) is 6.71. The number of likely N-dealkylation sites (tertiary alicyclic amines) is 1. The van der Waals surface area contributed by atoms with Gasteiger partial charge in [-0.05, 0) is 51.7 Å². The first-order valence-electron chi connectivity index (χ1n) is 12.3. The van der Waals surface area contributed by atoms with Gasteiger partial charge in [0.05, 0.1) is 6.61 Å². The predicted molar refractivity (Wildman–Crippen MR) is 131 cm³/mol. The molecule has 6 heteroatoms. The van der Waals surface area contributed by atoms with Crippen molar-refractivity contribution in [2.45, 2.75) is 77.4 Å². The number of rotatable bonds is 7. The Morgan fingerprint density at radius 3 is 2.00 bits per heavy atom. The van der Waals surface area contributed by atoms with Gasteiger partial charge in [0.2, 0.25) is 0 Å². The van der Waals surface area contributed by atoms with E-state index in [1.165, 1.54) is 11.1 Å². The molecular formula is C28H36N2O4. The third-order valence-corrected chi connectivity index (χ3v) is 6.71. The molecule has 1 saturated carbocycles. The third kappa shape index (κ3) is 5.44. The van der Waals surface area contributed by atoms with E-state index >= 15 is 0 Å². The molecule has 4 rings (SSSR count). The van der Waals surface area contributed by atoms with Gasteiger partial charge < -0.3 is 9.47 Å². The summed E-state index contributed by atoms with van der Waals surface area (Å²) in [4.78, 5) is 30.3. The van der Waals surface area contributed by atoms with E-state index < -0.39 is 17.7 Å². The Hall–Kier alpha value is -2.86. The Kier molecular flexibility index (Phi) is 7.27. The predicted octanol–water partition coefficient (Wildman–Crippen LogP) is 5.02. The van der Waals surface area contributed by atoms with E-state index in [4.69, 9.17) is 9.47 Å². The summed E-state index contributed by atoms with van der Waals surface area (Å²) in [5.41, 5.74) is 1.85. The maximum absolute atomic E-state index is 13.1. The number of ether oxygens (including phenoxy) is 2. The quantitative estimate of drug-likeness (QED) is 0.539. The molecule has 2 aromatic carbocycles. The Bertz CT molecular complexity index is 931. The van der Waals surface area contributed by atoms with Gasteiger partial charge in [-0.25, -0.2) is 9.59 Å². The largest absolute Gasteiger partial charge is 0.464 e. The van der Waals surface area contributed by atoms with Gasteiger partial charge in [0, 0.05) is 31.1 Å². The number of fused-ring (bicyclic) bond motifs is 2. The van der Waals surface area contributed by atoms with E-state index in [9.17, 15) is 9.59 Å². The van der Waals surface area contributed by atoms with Gasteiger partial charge in [-0.2, -0.15) is 0 Å². The lowest BCUT2D eigenvalue weighted by molar-refractivity contribution is -0.152. The number of piperidine rings is 1. The van der Waals surface area contributed by atoms with Gasteiger partial charge >= 0.3 is 12.1 Å². The van der Waals surface area contributed by atoms with Crippen LogP contribution >= 0.6 is 0 Å². The van der Waals surface area contributed by atoms with Gasteiger partial charge in [-0.15, -0.1) is 0 Å². The molecule has 1 amide bonds. The number of benzene rings is 2. The molecule has 2 aromatic rings. The molecule has 182 valence electrons. The van der Waals surface area contributed by atoms with Gasteiger partial charge in [0.25, 0.3) is 0 Å². The van der Waals surface area contributed by atoms with E-state index in [0.717, 1.165) is 25.9 Å². The number of amides is 1. The molecular weight excluding hydrogens is 428 g/mol. The second kappa shape index (κ2) is 10.2. The molecule has 0 radical (unpaired) electrons. The van der Waals surface area contributed by atoms with Crippen molar-refractivity contribution in [3.63, 3.8) is 0 Å². The highest BCUT2D eigenvalue weighted by atomic mass is 16.6. The Labute approximate surface area is 202 Å². The van der Waals surface area contributed by atoms with Crippen LogP contribution in [0.4, 0.5) is 4.79 Å². The molecule has 1 saturated heterocycles. The Balaban J connectivity index is 1.61. The minimum absolute atomic E-state index is 0.00370. The van der Waals surface area contributed by atoms with Crippen molar-refractivity contribution in [2.75, 3.05) is 6.61 Å². The topological polar surface area (TPSA) is 59.1 Å². The minimum Gasteiger partial charge on any atom is -0.464 e. The fraction of sp³-hybridized carbons (Fsp3) is 0.500. The first-order chi connectivity index (χ1) is 16.3. The molecule has 6 nitrogen and oxygen atoms in total. The van der Waals surface area contributed by atoms with Crippen LogP contribution in [0, 0.1) is 5.92 Å². The van der Waals surface area contributed by atoms with Crippen LogP contribution in [0.2, 0.25) is 0 Å². The number of hydrogen-bond donors (Lipinski definition) is 0. The number of carbonyl (C=O) groups is 2. The zero-order chi connectivity index (χ0) is 24.3. The first-order valence-corrected chi connectivity index (χ1v) is 12.3. The molecule has 0 aromatic heterocycles. The highest BCUT2D eigenvalue weighted by Crippen LogP contribution is 2.46. The second-order valence-electron chi connectivity index (χ2n) is 10.3. The minimum atomic E-state index is -0.621. The number of nitrogens with zero attached hydrogens (tertiary/aromatic N) is 2. The van der Waals surface area contributed by atoms with E-state index in [2.05, 4.69) is 53.4 Å². The maximum Gasteiger partial charge on any atom is 0.411 e. The van der Waals surface area contributed by atoms with Gasteiger partial charge in [0.1, 0.15) is 11.6 Å². The SMILES string of the molecule is CCOC(=O)C1C2CC(CC2N(Cc2ccccc2)Cc2ccccc2)N1C(=O)OC(C)(C)C. The molecule has 2 bridgehead atoms. The molecule has 34 heavy (non-hydrogen) atoms. The standard InChI is InChI=1S/C28H36N2O4/c1-5-33-26(31)25-23-16-22(30(25)27(32)34-28(2,3)4)17-24(23)29(18-20-12-8-6-9-13-20)19-21-14-10-7-11-15-21/h6-15,22-25H,5,16-19H2,1-4H3. The lowest BCUT2D eigenvalue weighted by Crippen LogP contribution is -2.57. The van der Waals surface area contributed by atoms with Gasteiger partial charge in [-0.3, -0.25) is 9.80 Å². The smallest absolute Gasteiger partial charge is 0.411 e. The van der Waals surface area contributed by atoms with Crippen LogP contribution in [-0.2, 0) is 27.4 Å². The average molecular weight is 465 g/mol. The van der Waals surface area contributed by atoms with Gasteiger partial charge in [0.15, 0.2) is 0 Å². The molecule has 2 fully saturated rings. The average Bonchev–Trinajstić information content (AvgIpc) is 3.38. The molecule has 2 aliphatic rings. The van der Waals surface area contributed by atoms with Crippen molar-refractivity contribution in [3.8, 4) is 0 Å². The van der Waals surface area contributed by atoms with Crippen LogP contribution in [0.1, 0.15) is 51.7 Å². The number of carbonyl (C=O) groups excluding carboxylic acids is 2. The summed E-state index contributed by atoms with van der Waals surface area (Å²) in [6.07, 6.45) is 1.18. The second-order valence-corrected chi connectivity index (χ2v) is 10.3. The van der Waals surface area contributed by atoms with Crippen molar-refractivity contribution in [3.05, 3.63) is 71.8 Å². The zero-order valence-electron chi connectivity index (χ0n) is 20.6. The monoisotopic (exact) mass is 464 g/mol. The van der Waals surface area contributed by atoms with Crippen molar-refractivity contribution in [1.82, 2.24) is 9.80 Å². The molecule has 1 aliphatic heterocycles. The summed E-state index contributed by atoms with van der Waals surface area (Å²) < 4.78 is 11.1. The van der Waals surface area contributed by atoms with Crippen molar-refractivity contribution >= 4 is 12.1 Å². The fourth-order valence-corrected chi connectivity index (χ4v) is 5.46. The maximum atomic E-state index is 13.1. The highest BCUT2D eigenvalue weighted by Gasteiger charge is 2.58. The van der Waals surface area contributed by atoms with Crippen LogP contribution in [0.25, 0.3) is 0 Å². The lowest BCUT2D eigenvalue weighted by atomic mass is 9.91. The van der Waals surface area contributed by atoms with Crippen LogP contribution in [0.3, 0.4) is 0 Å². The summed E-state index contributed by atoms with van der Waals surface area (Å²) in [5.74, 6) is -0.325. The molecule has 1 heterocycles. The summed E-state index contributed by atoms with van der Waals surface area (Å²) in [7, 11) is 0. The van der Waals surface area contributed by atoms with Crippen molar-refractivity contribution in [1.29, 1.82) is 0 Å². The van der Waals surface area contributed by atoms with E-state index in [0.29, 0.717) is 0 Å². The molecule has 0 spiro atoms. The van der Waals surface area contributed by atoms with Crippen LogP contribution in [-0.4, -0.2) is 52.2 Å². The van der Waals surface area contributed by atoms with Crippen LogP contribution < -0.4 is 0 Å². The summed E-state index contributed by atoms with van der Waals surface area (Å²) in [6.45, 7) is 9.21. The number of hydrogen-bond acceptors (Lipinski definition) is 5. The Morgan fingerprint density at radius 2 is 1.50 bits per heavy atom. The summed E-state index contributed by atoms with van der Waals surface area (Å²) in [6, 6.07) is 20.4. The molecule has 1 aliphatic carbocycles. The van der Waals surface area contributed by atoms with Crippen LogP contribution in [0.5, 0.6) is 0 Å². The van der Waals surface area contributed by atoms with Crippen molar-refractivity contribution in [2.24, 2.45) is 5.92 Å². The molecule has 4 unspecified atom stereocenters. The normalized spacial score (nSPS) is 23.9. The van der Waals surface area contributed by atoms with E-state index in [-0.39, 0.29) is 30.6 Å². The van der Waals surface area contributed by atoms with Gasteiger partial charge in [-0.1, -0.05) is 60.7 Å². The fourth-order valence-electron chi connectivity index (χ4n) is 5.46. The lowest BCUT2D eigenvalue weighted by Gasteiger charge is -2.42. The Morgan fingerprint density at radius 1 is 0.941 bits per heavy atom. The number of esters is 1. The van der Waals surface area contributed by atoms with Crippen LogP contribution in [0.15, 0.2) is 60.7 Å². The zero-order valence-corrected chi connectivity index (χ0v) is 20.6. The summed E-state index contributed by atoms with van der Waals surface area (Å²) in [5, 5.41) is 0. The molecule has 4 atom stereocenters. The van der Waals surface area contributed by atoms with Crippen molar-refractivity contribution < 1.29 is 19.1 Å². The highest BCUT2D eigenvalue weighted by molar-refractivity contribution is 5.83. The van der Waals surface area contributed by atoms with E-state index in [1.807, 2.05) is 32.9 Å².